The topological polar surface area (TPSA) is 41.1 Å². The van der Waals surface area contributed by atoms with Crippen LogP contribution in [0.1, 0.15) is 13.8 Å². The smallest absolute Gasteiger partial charge is 0.224 e. The van der Waals surface area contributed by atoms with Crippen LogP contribution >= 0.6 is 11.6 Å². The SMILES string of the molecule is CC(C)Nc1nc(Cl)nc2ccc(N(C)C)cc12. The number of nitrogens with zero attached hydrogens (tertiary/aromatic N) is 3. The Morgan fingerprint density at radius 2 is 1.94 bits per heavy atom. The molecule has 1 aromatic heterocycles. The van der Waals surface area contributed by atoms with E-state index in [-0.39, 0.29) is 5.28 Å². The second-order valence-corrected chi connectivity index (χ2v) is 5.07. The van der Waals surface area contributed by atoms with Gasteiger partial charge in [-0.05, 0) is 43.6 Å². The zero-order chi connectivity index (χ0) is 13.3. The molecule has 1 aromatic carbocycles. The summed E-state index contributed by atoms with van der Waals surface area (Å²) in [6.07, 6.45) is 0. The molecular weight excluding hydrogens is 248 g/mol. The van der Waals surface area contributed by atoms with Crippen LogP contribution in [0.5, 0.6) is 0 Å². The largest absolute Gasteiger partial charge is 0.378 e. The highest BCUT2D eigenvalue weighted by Gasteiger charge is 2.09. The van der Waals surface area contributed by atoms with Crippen LogP contribution in [0.15, 0.2) is 18.2 Å². The molecule has 96 valence electrons. The first kappa shape index (κ1) is 12.9. The van der Waals surface area contributed by atoms with Gasteiger partial charge in [-0.2, -0.15) is 0 Å². The predicted octanol–water partition coefficient (Wildman–Crippen LogP) is 3.17. The van der Waals surface area contributed by atoms with E-state index in [2.05, 4.69) is 35.2 Å². The van der Waals surface area contributed by atoms with E-state index < -0.39 is 0 Å². The molecular formula is C13H17ClN4. The van der Waals surface area contributed by atoms with Crippen LogP contribution in [0, 0.1) is 0 Å². The summed E-state index contributed by atoms with van der Waals surface area (Å²) in [4.78, 5) is 10.6. The van der Waals surface area contributed by atoms with Gasteiger partial charge in [0.1, 0.15) is 5.82 Å². The van der Waals surface area contributed by atoms with E-state index in [0.717, 1.165) is 22.4 Å². The molecule has 0 saturated carbocycles. The third kappa shape index (κ3) is 2.64. The predicted molar refractivity (Wildman–Crippen MR) is 77.6 cm³/mol. The van der Waals surface area contributed by atoms with Crippen LogP contribution in [0.4, 0.5) is 11.5 Å². The van der Waals surface area contributed by atoms with Gasteiger partial charge in [-0.15, -0.1) is 0 Å². The first-order valence-electron chi connectivity index (χ1n) is 5.88. The number of hydrogen-bond acceptors (Lipinski definition) is 4. The highest BCUT2D eigenvalue weighted by atomic mass is 35.5. The average molecular weight is 265 g/mol. The number of aromatic nitrogens is 2. The molecule has 0 amide bonds. The van der Waals surface area contributed by atoms with Gasteiger partial charge in [0, 0.05) is 31.2 Å². The van der Waals surface area contributed by atoms with Crippen molar-refractivity contribution < 1.29 is 0 Å². The fourth-order valence-electron chi connectivity index (χ4n) is 1.75. The minimum atomic E-state index is 0.267. The van der Waals surface area contributed by atoms with Crippen molar-refractivity contribution in [1.82, 2.24) is 9.97 Å². The first-order valence-corrected chi connectivity index (χ1v) is 6.26. The zero-order valence-corrected chi connectivity index (χ0v) is 11.8. The lowest BCUT2D eigenvalue weighted by atomic mass is 10.2. The Balaban J connectivity index is 2.62. The second-order valence-electron chi connectivity index (χ2n) is 4.74. The summed E-state index contributed by atoms with van der Waals surface area (Å²) in [5.41, 5.74) is 1.96. The summed E-state index contributed by atoms with van der Waals surface area (Å²) in [5, 5.41) is 4.55. The molecule has 0 unspecified atom stereocenters. The molecule has 18 heavy (non-hydrogen) atoms. The first-order chi connectivity index (χ1) is 8.47. The minimum absolute atomic E-state index is 0.267. The van der Waals surface area contributed by atoms with Crippen LogP contribution < -0.4 is 10.2 Å². The molecule has 5 heteroatoms. The van der Waals surface area contributed by atoms with Gasteiger partial charge in [0.25, 0.3) is 0 Å². The standard InChI is InChI=1S/C13H17ClN4/c1-8(2)15-12-10-7-9(18(3)4)5-6-11(10)16-13(14)17-12/h5-8H,1-4H3,(H,15,16,17). The molecule has 0 aliphatic carbocycles. The van der Waals surface area contributed by atoms with Gasteiger partial charge in [-0.1, -0.05) is 0 Å². The number of anilines is 2. The maximum absolute atomic E-state index is 5.94. The molecule has 0 bridgehead atoms. The van der Waals surface area contributed by atoms with Crippen molar-refractivity contribution in [2.45, 2.75) is 19.9 Å². The van der Waals surface area contributed by atoms with Gasteiger partial charge < -0.3 is 10.2 Å². The van der Waals surface area contributed by atoms with Crippen molar-refractivity contribution in [3.8, 4) is 0 Å². The van der Waals surface area contributed by atoms with E-state index in [9.17, 15) is 0 Å². The van der Waals surface area contributed by atoms with E-state index in [4.69, 9.17) is 11.6 Å². The van der Waals surface area contributed by atoms with E-state index in [0.29, 0.717) is 6.04 Å². The average Bonchev–Trinajstić information content (AvgIpc) is 2.27. The zero-order valence-electron chi connectivity index (χ0n) is 11.0. The van der Waals surface area contributed by atoms with E-state index in [1.54, 1.807) is 0 Å². The van der Waals surface area contributed by atoms with E-state index in [1.165, 1.54) is 0 Å². The summed E-state index contributed by atoms with van der Waals surface area (Å²) in [6.45, 7) is 4.13. The van der Waals surface area contributed by atoms with Crippen LogP contribution in [0.3, 0.4) is 0 Å². The molecule has 0 radical (unpaired) electrons. The minimum Gasteiger partial charge on any atom is -0.378 e. The fraction of sp³-hybridized carbons (Fsp3) is 0.385. The Labute approximate surface area is 112 Å². The lowest BCUT2D eigenvalue weighted by Crippen LogP contribution is -2.12. The van der Waals surface area contributed by atoms with Crippen molar-refractivity contribution in [3.05, 3.63) is 23.5 Å². The summed E-state index contributed by atoms with van der Waals surface area (Å²) in [5.74, 6) is 0.781. The van der Waals surface area contributed by atoms with Crippen molar-refractivity contribution in [2.75, 3.05) is 24.3 Å². The number of nitrogens with one attached hydrogen (secondary N) is 1. The fourth-order valence-corrected chi connectivity index (χ4v) is 1.93. The maximum Gasteiger partial charge on any atom is 0.224 e. The maximum atomic E-state index is 5.94. The van der Waals surface area contributed by atoms with Gasteiger partial charge >= 0.3 is 0 Å². The Kier molecular flexibility index (Phi) is 3.57. The molecule has 1 heterocycles. The molecule has 0 aliphatic rings. The molecule has 0 aliphatic heterocycles. The lowest BCUT2D eigenvalue weighted by Gasteiger charge is -2.15. The van der Waals surface area contributed by atoms with Crippen molar-refractivity contribution in [1.29, 1.82) is 0 Å². The quantitative estimate of drug-likeness (QED) is 0.865. The Bertz CT molecular complexity index is 566. The number of fused-ring (bicyclic) bond motifs is 1. The highest BCUT2D eigenvalue weighted by molar-refractivity contribution is 6.28. The molecule has 0 atom stereocenters. The van der Waals surface area contributed by atoms with E-state index in [1.807, 2.05) is 31.1 Å². The van der Waals surface area contributed by atoms with E-state index >= 15 is 0 Å². The molecule has 2 aromatic rings. The molecule has 0 spiro atoms. The summed E-state index contributed by atoms with van der Waals surface area (Å²) < 4.78 is 0. The Hall–Kier alpha value is -1.55. The van der Waals surface area contributed by atoms with Gasteiger partial charge in [0.15, 0.2) is 0 Å². The highest BCUT2D eigenvalue weighted by Crippen LogP contribution is 2.26. The number of benzene rings is 1. The molecule has 0 saturated heterocycles. The third-order valence-electron chi connectivity index (χ3n) is 2.59. The lowest BCUT2D eigenvalue weighted by molar-refractivity contribution is 0.890. The number of rotatable bonds is 3. The summed E-state index contributed by atoms with van der Waals surface area (Å²) in [6, 6.07) is 6.34. The van der Waals surface area contributed by atoms with Crippen molar-refractivity contribution >= 4 is 34.0 Å². The van der Waals surface area contributed by atoms with Crippen LogP contribution in [-0.4, -0.2) is 30.1 Å². The van der Waals surface area contributed by atoms with Crippen LogP contribution in [0.25, 0.3) is 10.9 Å². The van der Waals surface area contributed by atoms with Gasteiger partial charge in [-0.25, -0.2) is 9.97 Å². The van der Waals surface area contributed by atoms with Crippen molar-refractivity contribution in [3.63, 3.8) is 0 Å². The third-order valence-corrected chi connectivity index (χ3v) is 2.76. The van der Waals surface area contributed by atoms with Gasteiger partial charge in [0.2, 0.25) is 5.28 Å². The number of hydrogen-bond donors (Lipinski definition) is 1. The molecule has 2 rings (SSSR count). The van der Waals surface area contributed by atoms with Crippen molar-refractivity contribution in [2.24, 2.45) is 0 Å². The van der Waals surface area contributed by atoms with Crippen LogP contribution in [0.2, 0.25) is 5.28 Å². The Morgan fingerprint density at radius 3 is 2.56 bits per heavy atom. The molecule has 1 N–H and O–H groups in total. The summed E-state index contributed by atoms with van der Waals surface area (Å²) >= 11 is 5.94. The number of halogens is 1. The van der Waals surface area contributed by atoms with Gasteiger partial charge in [-0.3, -0.25) is 0 Å². The monoisotopic (exact) mass is 264 g/mol. The molecule has 4 nitrogen and oxygen atoms in total. The molecule has 0 fully saturated rings. The second kappa shape index (κ2) is 4.98. The van der Waals surface area contributed by atoms with Gasteiger partial charge in [0.05, 0.1) is 5.52 Å². The normalized spacial score (nSPS) is 11.0. The van der Waals surface area contributed by atoms with Crippen LogP contribution in [-0.2, 0) is 0 Å². The summed E-state index contributed by atoms with van der Waals surface area (Å²) in [7, 11) is 4.01. The Morgan fingerprint density at radius 1 is 1.22 bits per heavy atom.